The number of ether oxygens (including phenoxy) is 2. The Balaban J connectivity index is 1.43. The highest BCUT2D eigenvalue weighted by Crippen LogP contribution is 2.27. The molecule has 0 radical (unpaired) electrons. The molecule has 0 aliphatic carbocycles. The minimum atomic E-state index is -0.0609. The molecule has 3 aromatic rings. The number of rotatable bonds is 7. The van der Waals surface area contributed by atoms with Crippen molar-refractivity contribution in [1.29, 1.82) is 0 Å². The number of amides is 1. The summed E-state index contributed by atoms with van der Waals surface area (Å²) in [7, 11) is 3.21. The first kappa shape index (κ1) is 21.0. The van der Waals surface area contributed by atoms with Crippen LogP contribution in [0.3, 0.4) is 0 Å². The number of hydrogen-bond acceptors (Lipinski definition) is 5. The molecule has 1 N–H and O–H groups in total. The van der Waals surface area contributed by atoms with Crippen molar-refractivity contribution in [2.75, 3.05) is 32.2 Å². The van der Waals surface area contributed by atoms with Crippen molar-refractivity contribution in [2.45, 2.75) is 38.8 Å². The third-order valence-electron chi connectivity index (χ3n) is 5.78. The van der Waals surface area contributed by atoms with Gasteiger partial charge in [-0.05, 0) is 48.7 Å². The fraction of sp³-hybridized carbons (Fsp3) is 0.417. The van der Waals surface area contributed by atoms with Gasteiger partial charge in [0.25, 0.3) is 0 Å². The van der Waals surface area contributed by atoms with Crippen molar-refractivity contribution >= 4 is 22.8 Å². The van der Waals surface area contributed by atoms with Crippen LogP contribution in [0.15, 0.2) is 42.6 Å². The first-order chi connectivity index (χ1) is 15.2. The minimum absolute atomic E-state index is 0.0609. The lowest BCUT2D eigenvalue weighted by molar-refractivity contribution is -0.121. The summed E-state index contributed by atoms with van der Waals surface area (Å²) in [5.41, 5.74) is 1.80. The second kappa shape index (κ2) is 9.73. The van der Waals surface area contributed by atoms with Crippen molar-refractivity contribution in [1.82, 2.24) is 14.9 Å². The van der Waals surface area contributed by atoms with E-state index in [-0.39, 0.29) is 12.5 Å². The van der Waals surface area contributed by atoms with Crippen LogP contribution in [0, 0.1) is 0 Å². The second-order valence-electron chi connectivity index (χ2n) is 7.89. The van der Waals surface area contributed by atoms with Crippen LogP contribution in [0.1, 0.15) is 31.2 Å². The summed E-state index contributed by atoms with van der Waals surface area (Å²) in [6.07, 6.45) is 6.92. The number of methoxy groups -OCH3 is 2. The average molecular weight is 423 g/mol. The van der Waals surface area contributed by atoms with E-state index in [1.54, 1.807) is 14.2 Å². The molecule has 164 valence electrons. The highest BCUT2D eigenvalue weighted by atomic mass is 16.5. The molecule has 1 amide bonds. The van der Waals surface area contributed by atoms with E-state index in [4.69, 9.17) is 14.5 Å². The summed E-state index contributed by atoms with van der Waals surface area (Å²) in [5, 5.41) is 4.03. The fourth-order valence-electron chi connectivity index (χ4n) is 4.06. The quantitative estimate of drug-likeness (QED) is 0.628. The van der Waals surface area contributed by atoms with Gasteiger partial charge in [0.05, 0.1) is 14.2 Å². The highest BCUT2D eigenvalue weighted by Gasteiger charge is 2.14. The van der Waals surface area contributed by atoms with E-state index in [0.717, 1.165) is 35.5 Å². The van der Waals surface area contributed by atoms with E-state index < -0.39 is 0 Å². The zero-order valence-electron chi connectivity index (χ0n) is 18.3. The van der Waals surface area contributed by atoms with Gasteiger partial charge < -0.3 is 24.3 Å². The number of pyridine rings is 1. The molecule has 0 atom stereocenters. The number of fused-ring (bicyclic) bond motifs is 1. The van der Waals surface area contributed by atoms with Gasteiger partial charge in [-0.3, -0.25) is 4.79 Å². The van der Waals surface area contributed by atoms with Crippen LogP contribution in [0.2, 0.25) is 0 Å². The number of nitrogens with zero attached hydrogens (tertiary/aromatic N) is 3. The molecule has 1 fully saturated rings. The van der Waals surface area contributed by atoms with Gasteiger partial charge in [-0.15, -0.1) is 0 Å². The Bertz CT molecular complexity index is 1040. The zero-order valence-corrected chi connectivity index (χ0v) is 18.3. The van der Waals surface area contributed by atoms with Crippen LogP contribution in [0.25, 0.3) is 11.0 Å². The van der Waals surface area contributed by atoms with Crippen molar-refractivity contribution in [3.05, 3.63) is 48.2 Å². The Morgan fingerprint density at radius 3 is 2.52 bits per heavy atom. The maximum Gasteiger partial charge on any atom is 0.240 e. The normalized spacial score (nSPS) is 14.3. The molecule has 1 aliphatic heterocycles. The smallest absolute Gasteiger partial charge is 0.240 e. The monoisotopic (exact) mass is 422 g/mol. The van der Waals surface area contributed by atoms with Gasteiger partial charge in [0, 0.05) is 31.2 Å². The summed E-state index contributed by atoms with van der Waals surface area (Å²) in [6.45, 7) is 2.74. The molecule has 1 aromatic carbocycles. The van der Waals surface area contributed by atoms with E-state index in [0.29, 0.717) is 18.0 Å². The van der Waals surface area contributed by atoms with Gasteiger partial charge in [-0.2, -0.15) is 0 Å². The van der Waals surface area contributed by atoms with Gasteiger partial charge in [-0.25, -0.2) is 4.98 Å². The summed E-state index contributed by atoms with van der Waals surface area (Å²) >= 11 is 0. The predicted octanol–water partition coefficient (Wildman–Crippen LogP) is 3.75. The Kier molecular flexibility index (Phi) is 6.60. The Morgan fingerprint density at radius 1 is 1.00 bits per heavy atom. The molecule has 7 heteroatoms. The topological polar surface area (TPSA) is 68.6 Å². The lowest BCUT2D eigenvalue weighted by atomic mass is 10.2. The summed E-state index contributed by atoms with van der Waals surface area (Å²) < 4.78 is 12.5. The molecule has 1 saturated heterocycles. The molecule has 3 heterocycles. The SMILES string of the molecule is COc1ccc(CNC(=O)Cn2ccc3ccc(N4CCCCCC4)nc32)cc1OC. The van der Waals surface area contributed by atoms with Crippen LogP contribution in [0.4, 0.5) is 5.82 Å². The third kappa shape index (κ3) is 4.93. The Hall–Kier alpha value is -3.22. The van der Waals surface area contributed by atoms with Crippen molar-refractivity contribution < 1.29 is 14.3 Å². The first-order valence-corrected chi connectivity index (χ1v) is 10.9. The Labute approximate surface area is 183 Å². The number of nitrogens with one attached hydrogen (secondary N) is 1. The molecule has 0 unspecified atom stereocenters. The van der Waals surface area contributed by atoms with Gasteiger partial charge in [-0.1, -0.05) is 18.9 Å². The molecular formula is C24H30N4O3. The van der Waals surface area contributed by atoms with E-state index in [9.17, 15) is 4.79 Å². The maximum atomic E-state index is 12.6. The van der Waals surface area contributed by atoms with Crippen LogP contribution in [0.5, 0.6) is 11.5 Å². The van der Waals surface area contributed by atoms with Gasteiger partial charge >= 0.3 is 0 Å². The molecular weight excluding hydrogens is 392 g/mol. The Morgan fingerprint density at radius 2 is 1.77 bits per heavy atom. The van der Waals surface area contributed by atoms with E-state index in [1.165, 1.54) is 25.7 Å². The zero-order chi connectivity index (χ0) is 21.6. The largest absolute Gasteiger partial charge is 0.493 e. The molecule has 2 aromatic heterocycles. The van der Waals surface area contributed by atoms with Crippen LogP contribution in [-0.2, 0) is 17.9 Å². The lowest BCUT2D eigenvalue weighted by Crippen LogP contribution is -2.27. The van der Waals surface area contributed by atoms with Crippen LogP contribution in [-0.4, -0.2) is 42.8 Å². The average Bonchev–Trinajstić information content (AvgIpc) is 3.00. The number of carbonyl (C=O) groups is 1. The number of hydrogen-bond donors (Lipinski definition) is 1. The number of aromatic nitrogens is 2. The first-order valence-electron chi connectivity index (χ1n) is 10.9. The van der Waals surface area contributed by atoms with Crippen molar-refractivity contribution in [2.24, 2.45) is 0 Å². The van der Waals surface area contributed by atoms with Crippen molar-refractivity contribution in [3.63, 3.8) is 0 Å². The highest BCUT2D eigenvalue weighted by molar-refractivity contribution is 5.82. The van der Waals surface area contributed by atoms with E-state index >= 15 is 0 Å². The third-order valence-corrected chi connectivity index (χ3v) is 5.78. The number of carbonyl (C=O) groups excluding carboxylic acids is 1. The molecule has 0 saturated carbocycles. The molecule has 0 bridgehead atoms. The fourth-order valence-corrected chi connectivity index (χ4v) is 4.06. The molecule has 7 nitrogen and oxygen atoms in total. The summed E-state index contributed by atoms with van der Waals surface area (Å²) in [6, 6.07) is 11.8. The summed E-state index contributed by atoms with van der Waals surface area (Å²) in [5.74, 6) is 2.26. The molecule has 0 spiro atoms. The second-order valence-corrected chi connectivity index (χ2v) is 7.89. The summed E-state index contributed by atoms with van der Waals surface area (Å²) in [4.78, 5) is 19.9. The van der Waals surface area contributed by atoms with E-state index in [2.05, 4.69) is 22.3 Å². The standard InChI is InChI=1S/C24H30N4O3/c1-30-20-9-7-18(15-21(20)31-2)16-25-23(29)17-28-14-11-19-8-10-22(26-24(19)28)27-12-5-3-4-6-13-27/h7-11,14-15H,3-6,12-13,16-17H2,1-2H3,(H,25,29). The minimum Gasteiger partial charge on any atom is -0.493 e. The van der Waals surface area contributed by atoms with Gasteiger partial charge in [0.15, 0.2) is 11.5 Å². The maximum absolute atomic E-state index is 12.6. The van der Waals surface area contributed by atoms with Gasteiger partial charge in [0.1, 0.15) is 18.0 Å². The van der Waals surface area contributed by atoms with Crippen LogP contribution >= 0.6 is 0 Å². The lowest BCUT2D eigenvalue weighted by Gasteiger charge is -2.21. The molecule has 1 aliphatic rings. The molecule has 31 heavy (non-hydrogen) atoms. The van der Waals surface area contributed by atoms with Crippen LogP contribution < -0.4 is 19.7 Å². The van der Waals surface area contributed by atoms with Gasteiger partial charge in [0.2, 0.25) is 5.91 Å². The molecule has 4 rings (SSSR count). The number of anilines is 1. The van der Waals surface area contributed by atoms with E-state index in [1.807, 2.05) is 35.0 Å². The number of benzene rings is 1. The van der Waals surface area contributed by atoms with Crippen molar-refractivity contribution in [3.8, 4) is 11.5 Å². The predicted molar refractivity (Wildman–Crippen MR) is 122 cm³/mol.